The monoisotopic (exact) mass is 378 g/mol. The van der Waals surface area contributed by atoms with Crippen LogP contribution >= 0.6 is 11.8 Å². The molecular weight excluding hydrogens is 355 g/mol. The summed E-state index contributed by atoms with van der Waals surface area (Å²) in [5.74, 6) is 0.386. The summed E-state index contributed by atoms with van der Waals surface area (Å²) in [6.45, 7) is 6.61. The second kappa shape index (κ2) is 9.38. The van der Waals surface area contributed by atoms with E-state index in [1.807, 2.05) is 0 Å². The first kappa shape index (κ1) is 20.0. The normalized spacial score (nSPS) is 12.0. The van der Waals surface area contributed by atoms with Gasteiger partial charge in [0, 0.05) is 18.3 Å². The van der Waals surface area contributed by atoms with Gasteiger partial charge in [-0.1, -0.05) is 13.8 Å². The molecule has 8 heteroatoms. The van der Waals surface area contributed by atoms with Crippen LogP contribution in [-0.4, -0.2) is 32.6 Å². The minimum absolute atomic E-state index is 0.122. The average Bonchev–Trinajstić information content (AvgIpc) is 3.00. The maximum absolute atomic E-state index is 12.9. The van der Waals surface area contributed by atoms with Crippen LogP contribution in [0.2, 0.25) is 0 Å². The Kier molecular flexibility index (Phi) is 7.20. The smallest absolute Gasteiger partial charge is 0.238 e. The van der Waals surface area contributed by atoms with Crippen molar-refractivity contribution in [1.82, 2.24) is 9.78 Å². The van der Waals surface area contributed by atoms with Crippen LogP contribution in [-0.2, 0) is 16.1 Å². The van der Waals surface area contributed by atoms with Crippen LogP contribution in [0.3, 0.4) is 0 Å². The molecule has 2 aromatic rings. The Morgan fingerprint density at radius 1 is 1.15 bits per heavy atom. The Labute approximate surface area is 156 Å². The fourth-order valence-electron chi connectivity index (χ4n) is 2.16. The molecule has 1 aromatic heterocycles. The number of rotatable bonds is 8. The molecule has 140 valence electrons. The quantitative estimate of drug-likeness (QED) is 0.738. The lowest BCUT2D eigenvalue weighted by Gasteiger charge is -2.14. The van der Waals surface area contributed by atoms with E-state index in [9.17, 15) is 14.0 Å². The highest BCUT2D eigenvalue weighted by Crippen LogP contribution is 2.16. The van der Waals surface area contributed by atoms with Gasteiger partial charge < -0.3 is 10.6 Å². The van der Waals surface area contributed by atoms with Gasteiger partial charge in [0.2, 0.25) is 11.8 Å². The van der Waals surface area contributed by atoms with Crippen LogP contribution < -0.4 is 10.6 Å². The van der Waals surface area contributed by atoms with Crippen LogP contribution in [0.4, 0.5) is 15.9 Å². The van der Waals surface area contributed by atoms with Gasteiger partial charge in [0.1, 0.15) is 11.6 Å². The van der Waals surface area contributed by atoms with E-state index in [0.717, 1.165) is 0 Å². The maximum atomic E-state index is 12.9. The molecule has 1 aromatic carbocycles. The topological polar surface area (TPSA) is 76.0 Å². The van der Waals surface area contributed by atoms with Gasteiger partial charge in [-0.3, -0.25) is 9.59 Å². The third-order valence-electron chi connectivity index (χ3n) is 3.47. The Morgan fingerprint density at radius 3 is 2.50 bits per heavy atom. The highest BCUT2D eigenvalue weighted by atomic mass is 32.2. The van der Waals surface area contributed by atoms with Crippen molar-refractivity contribution in [3.05, 3.63) is 42.3 Å². The van der Waals surface area contributed by atoms with E-state index in [2.05, 4.69) is 29.6 Å². The number of hydrogen-bond donors (Lipinski definition) is 2. The van der Waals surface area contributed by atoms with Gasteiger partial charge in [0.15, 0.2) is 0 Å². The number of carbonyl (C=O) groups is 2. The van der Waals surface area contributed by atoms with Crippen molar-refractivity contribution >= 4 is 35.1 Å². The van der Waals surface area contributed by atoms with Gasteiger partial charge in [-0.2, -0.15) is 5.10 Å². The molecule has 1 atom stereocenters. The summed E-state index contributed by atoms with van der Waals surface area (Å²) in [7, 11) is 0. The number of halogens is 1. The molecule has 0 radical (unpaired) electrons. The predicted molar refractivity (Wildman–Crippen MR) is 103 cm³/mol. The summed E-state index contributed by atoms with van der Waals surface area (Å²) in [4.78, 5) is 24.3. The lowest BCUT2D eigenvalue weighted by molar-refractivity contribution is -0.115. The van der Waals surface area contributed by atoms with Crippen molar-refractivity contribution in [3.63, 3.8) is 0 Å². The minimum Gasteiger partial charge on any atom is -0.325 e. The van der Waals surface area contributed by atoms with Gasteiger partial charge in [0.25, 0.3) is 0 Å². The molecule has 1 unspecified atom stereocenters. The number of thioether (sulfide) groups is 1. The summed E-state index contributed by atoms with van der Waals surface area (Å²) in [5, 5.41) is 9.30. The van der Waals surface area contributed by atoms with E-state index in [0.29, 0.717) is 24.0 Å². The average molecular weight is 378 g/mol. The summed E-state index contributed by atoms with van der Waals surface area (Å²) >= 11 is 1.23. The first-order chi connectivity index (χ1) is 12.3. The van der Waals surface area contributed by atoms with E-state index in [4.69, 9.17) is 0 Å². The molecule has 0 aliphatic rings. The number of amides is 2. The Morgan fingerprint density at radius 2 is 1.85 bits per heavy atom. The molecule has 1 heterocycles. The summed E-state index contributed by atoms with van der Waals surface area (Å²) < 4.78 is 14.6. The fraction of sp³-hybridized carbons (Fsp3) is 0.389. The standard InChI is InChI=1S/C18H23FN4O2S/c1-12(2)10-23-16(8-9-20-23)22-18(25)13(3)26-11-17(24)21-15-6-4-14(19)5-7-15/h4-9,12-13H,10-11H2,1-3H3,(H,21,24)(H,22,25). The predicted octanol–water partition coefficient (Wildman–Crippen LogP) is 3.38. The molecule has 0 aliphatic heterocycles. The van der Waals surface area contributed by atoms with Crippen molar-refractivity contribution in [2.45, 2.75) is 32.6 Å². The largest absolute Gasteiger partial charge is 0.325 e. The van der Waals surface area contributed by atoms with Gasteiger partial charge in [-0.05, 0) is 37.1 Å². The van der Waals surface area contributed by atoms with Crippen molar-refractivity contribution < 1.29 is 14.0 Å². The van der Waals surface area contributed by atoms with E-state index in [-0.39, 0.29) is 23.4 Å². The minimum atomic E-state index is -0.406. The molecule has 0 spiro atoms. The lowest BCUT2D eigenvalue weighted by atomic mass is 10.2. The number of nitrogens with one attached hydrogen (secondary N) is 2. The highest BCUT2D eigenvalue weighted by Gasteiger charge is 2.17. The number of aromatic nitrogens is 2. The first-order valence-corrected chi connectivity index (χ1v) is 9.39. The zero-order chi connectivity index (χ0) is 19.1. The van der Waals surface area contributed by atoms with Crippen LogP contribution in [0.15, 0.2) is 36.5 Å². The molecule has 0 aliphatic carbocycles. The Hall–Kier alpha value is -2.35. The summed E-state index contributed by atoms with van der Waals surface area (Å²) in [5.41, 5.74) is 0.520. The van der Waals surface area contributed by atoms with Gasteiger partial charge in [-0.25, -0.2) is 9.07 Å². The van der Waals surface area contributed by atoms with Crippen LogP contribution in [0.5, 0.6) is 0 Å². The van der Waals surface area contributed by atoms with Crippen molar-refractivity contribution in [2.75, 3.05) is 16.4 Å². The van der Waals surface area contributed by atoms with Crippen molar-refractivity contribution in [1.29, 1.82) is 0 Å². The molecule has 0 saturated carbocycles. The van der Waals surface area contributed by atoms with E-state index >= 15 is 0 Å². The number of hydrogen-bond acceptors (Lipinski definition) is 4. The molecule has 6 nitrogen and oxygen atoms in total. The highest BCUT2D eigenvalue weighted by molar-refractivity contribution is 8.01. The first-order valence-electron chi connectivity index (χ1n) is 8.35. The van der Waals surface area contributed by atoms with Crippen molar-refractivity contribution in [3.8, 4) is 0 Å². The Bertz CT molecular complexity index is 746. The van der Waals surface area contributed by atoms with Crippen molar-refractivity contribution in [2.24, 2.45) is 5.92 Å². The second-order valence-corrected chi connectivity index (χ2v) is 7.62. The molecule has 2 rings (SSSR count). The zero-order valence-electron chi connectivity index (χ0n) is 15.0. The number of anilines is 2. The SMILES string of the molecule is CC(C)Cn1nccc1NC(=O)C(C)SCC(=O)Nc1ccc(F)cc1. The molecule has 2 amide bonds. The molecule has 0 bridgehead atoms. The maximum Gasteiger partial charge on any atom is 0.238 e. The molecular formula is C18H23FN4O2S. The number of benzene rings is 1. The van der Waals surface area contributed by atoms with Gasteiger partial charge in [-0.15, -0.1) is 11.8 Å². The second-order valence-electron chi connectivity index (χ2n) is 6.29. The summed E-state index contributed by atoms with van der Waals surface area (Å²) in [6.07, 6.45) is 1.64. The molecule has 26 heavy (non-hydrogen) atoms. The van der Waals surface area contributed by atoms with Gasteiger partial charge in [0.05, 0.1) is 17.2 Å². The van der Waals surface area contributed by atoms with Crippen LogP contribution in [0.25, 0.3) is 0 Å². The van der Waals surface area contributed by atoms with Gasteiger partial charge >= 0.3 is 0 Å². The molecule has 0 saturated heterocycles. The molecule has 2 N–H and O–H groups in total. The lowest BCUT2D eigenvalue weighted by Crippen LogP contribution is -2.26. The number of carbonyl (C=O) groups excluding carboxylic acids is 2. The van der Waals surface area contributed by atoms with Crippen LogP contribution in [0.1, 0.15) is 20.8 Å². The number of nitrogens with zero attached hydrogens (tertiary/aromatic N) is 2. The Balaban J connectivity index is 1.80. The fourth-order valence-corrected chi connectivity index (χ4v) is 2.85. The van der Waals surface area contributed by atoms with E-state index in [1.54, 1.807) is 23.9 Å². The zero-order valence-corrected chi connectivity index (χ0v) is 15.8. The third kappa shape index (κ3) is 6.18. The molecule has 0 fully saturated rings. The summed E-state index contributed by atoms with van der Waals surface area (Å²) in [6, 6.07) is 7.28. The van der Waals surface area contributed by atoms with Crippen LogP contribution in [0, 0.1) is 11.7 Å². The third-order valence-corrected chi connectivity index (χ3v) is 4.61. The van der Waals surface area contributed by atoms with E-state index < -0.39 is 5.25 Å². The van der Waals surface area contributed by atoms with E-state index in [1.165, 1.54) is 36.0 Å².